The van der Waals surface area contributed by atoms with Crippen molar-refractivity contribution in [3.63, 3.8) is 0 Å². The van der Waals surface area contributed by atoms with Gasteiger partial charge >= 0.3 is 5.69 Å². The standard InChI is InChI=1S/C11H14N2O7/c1-2-19-5-3-13(11(18)12-9(5)17)10-8(16)7(15)6(4-14)20-10/h2-3,6-8,10,14-16H,1,4H2,(H,12,17,18)/t6-,7-,8-,10-/m1/s1. The molecule has 1 aromatic heterocycles. The monoisotopic (exact) mass is 286 g/mol. The number of nitrogens with zero attached hydrogens (tertiary/aromatic N) is 1. The van der Waals surface area contributed by atoms with Crippen LogP contribution < -0.4 is 16.0 Å². The highest BCUT2D eigenvalue weighted by Gasteiger charge is 2.43. The van der Waals surface area contributed by atoms with Crippen LogP contribution in [0.15, 0.2) is 28.6 Å². The minimum absolute atomic E-state index is 0.225. The van der Waals surface area contributed by atoms with E-state index in [0.717, 1.165) is 17.0 Å². The summed E-state index contributed by atoms with van der Waals surface area (Å²) in [6.07, 6.45) is -3.05. The molecule has 1 fully saturated rings. The molecule has 2 heterocycles. The maximum absolute atomic E-state index is 11.7. The van der Waals surface area contributed by atoms with Crippen molar-refractivity contribution in [1.82, 2.24) is 9.55 Å². The first-order valence-electron chi connectivity index (χ1n) is 5.75. The Kier molecular flexibility index (Phi) is 4.04. The van der Waals surface area contributed by atoms with Crippen molar-refractivity contribution in [3.05, 3.63) is 39.9 Å². The number of aromatic amines is 1. The first kappa shape index (κ1) is 14.5. The Morgan fingerprint density at radius 1 is 1.45 bits per heavy atom. The molecule has 4 N–H and O–H groups in total. The minimum Gasteiger partial charge on any atom is -0.458 e. The van der Waals surface area contributed by atoms with E-state index in [1.54, 1.807) is 0 Å². The maximum Gasteiger partial charge on any atom is 0.330 e. The number of aliphatic hydroxyl groups excluding tert-OH is 3. The van der Waals surface area contributed by atoms with Crippen molar-refractivity contribution in [2.24, 2.45) is 0 Å². The van der Waals surface area contributed by atoms with E-state index in [4.69, 9.17) is 14.6 Å². The van der Waals surface area contributed by atoms with E-state index in [1.165, 1.54) is 0 Å². The van der Waals surface area contributed by atoms with Crippen LogP contribution in [0.3, 0.4) is 0 Å². The van der Waals surface area contributed by atoms with E-state index in [9.17, 15) is 19.8 Å². The summed E-state index contributed by atoms with van der Waals surface area (Å²) >= 11 is 0. The zero-order valence-electron chi connectivity index (χ0n) is 10.3. The average molecular weight is 286 g/mol. The molecule has 0 amide bonds. The quantitative estimate of drug-likeness (QED) is 0.456. The number of hydrogen-bond donors (Lipinski definition) is 4. The largest absolute Gasteiger partial charge is 0.458 e. The molecule has 0 spiro atoms. The molecule has 0 saturated carbocycles. The fourth-order valence-corrected chi connectivity index (χ4v) is 1.94. The smallest absolute Gasteiger partial charge is 0.330 e. The zero-order chi connectivity index (χ0) is 14.9. The van der Waals surface area contributed by atoms with Gasteiger partial charge in [0.05, 0.1) is 19.1 Å². The third kappa shape index (κ3) is 2.39. The molecular weight excluding hydrogens is 272 g/mol. The lowest BCUT2D eigenvalue weighted by molar-refractivity contribution is -0.0552. The first-order chi connectivity index (χ1) is 9.49. The summed E-state index contributed by atoms with van der Waals surface area (Å²) < 4.78 is 10.9. The molecule has 1 aliphatic heterocycles. The number of ether oxygens (including phenoxy) is 2. The van der Waals surface area contributed by atoms with Gasteiger partial charge in [0, 0.05) is 0 Å². The van der Waals surface area contributed by atoms with Crippen molar-refractivity contribution in [2.45, 2.75) is 24.5 Å². The third-order valence-corrected chi connectivity index (χ3v) is 2.94. The van der Waals surface area contributed by atoms with E-state index in [0.29, 0.717) is 0 Å². The molecule has 0 radical (unpaired) electrons. The third-order valence-electron chi connectivity index (χ3n) is 2.94. The second-order valence-electron chi connectivity index (χ2n) is 4.17. The van der Waals surface area contributed by atoms with Crippen LogP contribution in [-0.4, -0.2) is 49.8 Å². The summed E-state index contributed by atoms with van der Waals surface area (Å²) in [7, 11) is 0. The van der Waals surface area contributed by atoms with Gasteiger partial charge in [-0.15, -0.1) is 0 Å². The van der Waals surface area contributed by atoms with Crippen LogP contribution in [0.1, 0.15) is 6.23 Å². The van der Waals surface area contributed by atoms with Crippen LogP contribution in [0.25, 0.3) is 0 Å². The van der Waals surface area contributed by atoms with Gasteiger partial charge in [-0.05, 0) is 0 Å². The molecule has 1 saturated heterocycles. The summed E-state index contributed by atoms with van der Waals surface area (Å²) in [6.45, 7) is 2.76. The summed E-state index contributed by atoms with van der Waals surface area (Å²) in [5.41, 5.74) is -1.61. The lowest BCUT2D eigenvalue weighted by Gasteiger charge is -2.17. The van der Waals surface area contributed by atoms with Gasteiger partial charge in [-0.1, -0.05) is 6.58 Å². The Labute approximate surface area is 112 Å². The second kappa shape index (κ2) is 5.59. The van der Waals surface area contributed by atoms with E-state index in [1.807, 2.05) is 4.98 Å². The molecule has 9 nitrogen and oxygen atoms in total. The molecular formula is C11H14N2O7. The van der Waals surface area contributed by atoms with E-state index in [2.05, 4.69) is 6.58 Å². The molecule has 1 aromatic rings. The van der Waals surface area contributed by atoms with Crippen LogP contribution in [-0.2, 0) is 4.74 Å². The van der Waals surface area contributed by atoms with Crippen molar-refractivity contribution in [2.75, 3.05) is 6.61 Å². The van der Waals surface area contributed by atoms with E-state index in [-0.39, 0.29) is 5.75 Å². The van der Waals surface area contributed by atoms with Crippen LogP contribution in [0.2, 0.25) is 0 Å². The number of aliphatic hydroxyl groups is 3. The van der Waals surface area contributed by atoms with Crippen molar-refractivity contribution in [1.29, 1.82) is 0 Å². The molecule has 20 heavy (non-hydrogen) atoms. The summed E-state index contributed by atoms with van der Waals surface area (Å²) in [5, 5.41) is 28.5. The Balaban J connectivity index is 2.43. The summed E-state index contributed by atoms with van der Waals surface area (Å²) in [6, 6.07) is 0. The van der Waals surface area contributed by atoms with Gasteiger partial charge in [0.25, 0.3) is 5.56 Å². The summed E-state index contributed by atoms with van der Waals surface area (Å²) in [5.74, 6) is -0.225. The Morgan fingerprint density at radius 3 is 2.70 bits per heavy atom. The number of nitrogens with one attached hydrogen (secondary N) is 1. The first-order valence-corrected chi connectivity index (χ1v) is 5.75. The predicted octanol–water partition coefficient (Wildman–Crippen LogP) is -2.33. The van der Waals surface area contributed by atoms with Crippen molar-refractivity contribution < 1.29 is 24.8 Å². The predicted molar refractivity (Wildman–Crippen MR) is 65.2 cm³/mol. The van der Waals surface area contributed by atoms with Crippen molar-refractivity contribution in [3.8, 4) is 5.75 Å². The Bertz CT molecular complexity index is 608. The Morgan fingerprint density at radius 2 is 2.15 bits per heavy atom. The maximum atomic E-state index is 11.7. The van der Waals surface area contributed by atoms with Crippen LogP contribution in [0, 0.1) is 0 Å². The van der Waals surface area contributed by atoms with Gasteiger partial charge in [0.15, 0.2) is 6.23 Å². The molecule has 9 heteroatoms. The van der Waals surface area contributed by atoms with Gasteiger partial charge in [-0.25, -0.2) is 4.79 Å². The molecule has 110 valence electrons. The molecule has 0 aliphatic carbocycles. The lowest BCUT2D eigenvalue weighted by atomic mass is 10.1. The van der Waals surface area contributed by atoms with Gasteiger partial charge in [0.1, 0.15) is 18.3 Å². The number of hydrogen-bond acceptors (Lipinski definition) is 7. The lowest BCUT2D eigenvalue weighted by Crippen LogP contribution is -2.38. The normalized spacial score (nSPS) is 29.4. The number of H-pyrrole nitrogens is 1. The molecule has 1 aliphatic rings. The van der Waals surface area contributed by atoms with Gasteiger partial charge in [0.2, 0.25) is 5.75 Å². The molecule has 0 unspecified atom stereocenters. The SMILES string of the molecule is C=COc1cn([C@@H]2O[C@H](CO)[C@@H](O)[C@H]2O)c(=O)[nH]c1=O. The average Bonchev–Trinajstić information content (AvgIpc) is 2.70. The highest BCUT2D eigenvalue weighted by Crippen LogP contribution is 2.28. The van der Waals surface area contributed by atoms with Crippen LogP contribution in [0.5, 0.6) is 5.75 Å². The van der Waals surface area contributed by atoms with Crippen molar-refractivity contribution >= 4 is 0 Å². The second-order valence-corrected chi connectivity index (χ2v) is 4.17. The van der Waals surface area contributed by atoms with Gasteiger partial charge in [-0.3, -0.25) is 14.3 Å². The highest BCUT2D eigenvalue weighted by atomic mass is 16.6. The highest BCUT2D eigenvalue weighted by molar-refractivity contribution is 5.14. The fourth-order valence-electron chi connectivity index (χ4n) is 1.94. The zero-order valence-corrected chi connectivity index (χ0v) is 10.3. The van der Waals surface area contributed by atoms with E-state index >= 15 is 0 Å². The number of aromatic nitrogens is 2. The van der Waals surface area contributed by atoms with Gasteiger partial charge in [-0.2, -0.15) is 0 Å². The topological polar surface area (TPSA) is 134 Å². The Hall–Kier alpha value is -1.94. The number of rotatable bonds is 4. The molecule has 0 aromatic carbocycles. The molecule has 4 atom stereocenters. The minimum atomic E-state index is -1.44. The van der Waals surface area contributed by atoms with E-state index < -0.39 is 42.4 Å². The van der Waals surface area contributed by atoms with Gasteiger partial charge < -0.3 is 24.8 Å². The fraction of sp³-hybridized carbons (Fsp3) is 0.455. The molecule has 0 bridgehead atoms. The van der Waals surface area contributed by atoms with Crippen LogP contribution in [0.4, 0.5) is 0 Å². The van der Waals surface area contributed by atoms with Crippen LogP contribution >= 0.6 is 0 Å². The summed E-state index contributed by atoms with van der Waals surface area (Å²) in [4.78, 5) is 25.1. The molecule has 2 rings (SSSR count).